The minimum Gasteiger partial charge on any atom is -0.353 e. The highest BCUT2D eigenvalue weighted by atomic mass is 16.1. The Balaban J connectivity index is 1.69. The van der Waals surface area contributed by atoms with Gasteiger partial charge in [0.05, 0.1) is 0 Å². The Bertz CT molecular complexity index is 467. The molecule has 2 rings (SSSR count). The average molecular weight is 303 g/mol. The molecule has 1 aliphatic rings. The number of pyridine rings is 1. The fraction of sp³-hybridized carbons (Fsp3) is 0.667. The van der Waals surface area contributed by atoms with Crippen LogP contribution in [0.3, 0.4) is 0 Å². The number of nitrogens with one attached hydrogen (secondary N) is 1. The number of aromatic nitrogens is 1. The van der Waals surface area contributed by atoms with E-state index in [9.17, 15) is 4.79 Å². The van der Waals surface area contributed by atoms with Crippen LogP contribution in [0.4, 0.5) is 0 Å². The summed E-state index contributed by atoms with van der Waals surface area (Å²) in [5, 5.41) is 3.10. The predicted octanol–water partition coefficient (Wildman–Crippen LogP) is 2.70. The van der Waals surface area contributed by atoms with Gasteiger partial charge in [-0.1, -0.05) is 18.9 Å². The lowest BCUT2D eigenvalue weighted by Gasteiger charge is -2.20. The van der Waals surface area contributed by atoms with E-state index >= 15 is 0 Å². The van der Waals surface area contributed by atoms with Crippen LogP contribution >= 0.6 is 0 Å². The first-order chi connectivity index (χ1) is 10.6. The summed E-state index contributed by atoms with van der Waals surface area (Å²) in [4.78, 5) is 19.0. The van der Waals surface area contributed by atoms with Gasteiger partial charge in [-0.15, -0.1) is 0 Å². The van der Waals surface area contributed by atoms with E-state index in [4.69, 9.17) is 0 Å². The summed E-state index contributed by atoms with van der Waals surface area (Å²) in [6, 6.07) is 6.16. The number of aryl methyl sites for hydroxylation is 1. The molecule has 1 saturated heterocycles. The summed E-state index contributed by atoms with van der Waals surface area (Å²) in [7, 11) is 0. The van der Waals surface area contributed by atoms with Gasteiger partial charge in [-0.25, -0.2) is 0 Å². The lowest BCUT2D eigenvalue weighted by atomic mass is 10.1. The lowest BCUT2D eigenvalue weighted by molar-refractivity contribution is -0.122. The highest BCUT2D eigenvalue weighted by molar-refractivity contribution is 5.76. The molecule has 4 heteroatoms. The van der Waals surface area contributed by atoms with Crippen LogP contribution in [0.25, 0.3) is 0 Å². The summed E-state index contributed by atoms with van der Waals surface area (Å²) in [6.45, 7) is 7.23. The number of likely N-dealkylation sites (tertiary alicyclic amines) is 1. The van der Waals surface area contributed by atoms with Crippen LogP contribution < -0.4 is 5.32 Å². The van der Waals surface area contributed by atoms with Crippen molar-refractivity contribution in [1.29, 1.82) is 0 Å². The van der Waals surface area contributed by atoms with Crippen molar-refractivity contribution < 1.29 is 4.79 Å². The third kappa shape index (κ3) is 6.14. The van der Waals surface area contributed by atoms with Crippen molar-refractivity contribution in [3.63, 3.8) is 0 Å². The maximum atomic E-state index is 12.1. The van der Waals surface area contributed by atoms with Gasteiger partial charge >= 0.3 is 0 Å². The summed E-state index contributed by atoms with van der Waals surface area (Å²) in [6.07, 6.45) is 6.61. The van der Waals surface area contributed by atoms with E-state index in [1.54, 1.807) is 0 Å². The average Bonchev–Trinajstić information content (AvgIpc) is 2.73. The number of rotatable bonds is 6. The van der Waals surface area contributed by atoms with Crippen molar-refractivity contribution in [2.45, 2.75) is 58.4 Å². The highest BCUT2D eigenvalue weighted by Gasteiger charge is 2.13. The largest absolute Gasteiger partial charge is 0.353 e. The van der Waals surface area contributed by atoms with Crippen molar-refractivity contribution in [2.75, 3.05) is 19.6 Å². The van der Waals surface area contributed by atoms with E-state index < -0.39 is 0 Å². The van der Waals surface area contributed by atoms with Gasteiger partial charge in [0.2, 0.25) is 5.91 Å². The Kier molecular flexibility index (Phi) is 6.84. The first kappa shape index (κ1) is 16.9. The summed E-state index contributed by atoms with van der Waals surface area (Å²) >= 11 is 0. The fourth-order valence-electron chi connectivity index (χ4n) is 3.04. The summed E-state index contributed by atoms with van der Waals surface area (Å²) in [5.41, 5.74) is 2.07. The lowest BCUT2D eigenvalue weighted by Crippen LogP contribution is -2.37. The van der Waals surface area contributed by atoms with Gasteiger partial charge in [-0.2, -0.15) is 0 Å². The summed E-state index contributed by atoms with van der Waals surface area (Å²) < 4.78 is 0. The zero-order valence-electron chi connectivity index (χ0n) is 14.0. The molecule has 1 aromatic heterocycles. The normalized spacial score (nSPS) is 17.7. The Labute approximate surface area is 134 Å². The second kappa shape index (κ2) is 8.89. The van der Waals surface area contributed by atoms with Crippen molar-refractivity contribution in [3.8, 4) is 0 Å². The molecular formula is C18H29N3O. The fourth-order valence-corrected chi connectivity index (χ4v) is 3.04. The van der Waals surface area contributed by atoms with Crippen LogP contribution in [-0.4, -0.2) is 41.5 Å². The van der Waals surface area contributed by atoms with Crippen LogP contribution in [0.5, 0.6) is 0 Å². The third-order valence-corrected chi connectivity index (χ3v) is 4.22. The summed E-state index contributed by atoms with van der Waals surface area (Å²) in [5.74, 6) is 0.157. The number of carbonyl (C=O) groups is 1. The van der Waals surface area contributed by atoms with Gasteiger partial charge in [0, 0.05) is 36.8 Å². The van der Waals surface area contributed by atoms with Crippen molar-refractivity contribution in [3.05, 3.63) is 29.6 Å². The molecule has 0 bridgehead atoms. The van der Waals surface area contributed by atoms with Crippen LogP contribution in [0.15, 0.2) is 18.2 Å². The molecule has 1 unspecified atom stereocenters. The number of nitrogens with zero attached hydrogens (tertiary/aromatic N) is 2. The first-order valence-corrected chi connectivity index (χ1v) is 8.58. The Hall–Kier alpha value is -1.42. The van der Waals surface area contributed by atoms with E-state index in [1.807, 2.05) is 32.0 Å². The minimum absolute atomic E-state index is 0.130. The van der Waals surface area contributed by atoms with Gasteiger partial charge in [-0.05, 0) is 51.9 Å². The molecule has 1 aliphatic heterocycles. The second-order valence-corrected chi connectivity index (χ2v) is 6.45. The Morgan fingerprint density at radius 1 is 1.27 bits per heavy atom. The van der Waals surface area contributed by atoms with Gasteiger partial charge < -0.3 is 10.2 Å². The molecule has 2 heterocycles. The van der Waals surface area contributed by atoms with Gasteiger partial charge in [0.1, 0.15) is 0 Å². The maximum absolute atomic E-state index is 12.1. The van der Waals surface area contributed by atoms with Crippen LogP contribution in [0.2, 0.25) is 0 Å². The van der Waals surface area contributed by atoms with Crippen molar-refractivity contribution in [1.82, 2.24) is 15.2 Å². The van der Waals surface area contributed by atoms with Crippen LogP contribution in [-0.2, 0) is 11.2 Å². The quantitative estimate of drug-likeness (QED) is 0.879. The molecule has 1 aromatic rings. The molecule has 1 atom stereocenters. The van der Waals surface area contributed by atoms with Gasteiger partial charge in [0.15, 0.2) is 0 Å². The van der Waals surface area contributed by atoms with E-state index in [-0.39, 0.29) is 11.9 Å². The molecule has 0 aliphatic carbocycles. The van der Waals surface area contributed by atoms with Gasteiger partial charge in [-0.3, -0.25) is 9.78 Å². The third-order valence-electron chi connectivity index (χ3n) is 4.22. The molecule has 22 heavy (non-hydrogen) atoms. The zero-order chi connectivity index (χ0) is 15.8. The molecule has 0 spiro atoms. The second-order valence-electron chi connectivity index (χ2n) is 6.45. The highest BCUT2D eigenvalue weighted by Crippen LogP contribution is 2.09. The zero-order valence-corrected chi connectivity index (χ0v) is 14.0. The van der Waals surface area contributed by atoms with E-state index in [1.165, 1.54) is 25.7 Å². The van der Waals surface area contributed by atoms with E-state index in [2.05, 4.69) is 15.2 Å². The van der Waals surface area contributed by atoms with Crippen LogP contribution in [0.1, 0.15) is 50.4 Å². The first-order valence-electron chi connectivity index (χ1n) is 8.58. The monoisotopic (exact) mass is 303 g/mol. The number of hydrogen-bond acceptors (Lipinski definition) is 3. The van der Waals surface area contributed by atoms with Crippen molar-refractivity contribution >= 4 is 5.91 Å². The number of carbonyl (C=O) groups excluding carboxylic acids is 1. The SMILES string of the molecule is Cc1cccc(CC(C)NC(=O)CCN2CCCCCC2)n1. The molecular weight excluding hydrogens is 274 g/mol. The molecule has 0 saturated carbocycles. The van der Waals surface area contributed by atoms with Gasteiger partial charge in [0.25, 0.3) is 0 Å². The molecule has 4 nitrogen and oxygen atoms in total. The molecule has 0 aromatic carbocycles. The van der Waals surface area contributed by atoms with E-state index in [0.717, 1.165) is 37.4 Å². The standard InChI is InChI=1S/C18H29N3O/c1-15-8-7-9-17(19-15)14-16(2)20-18(22)10-13-21-11-5-3-4-6-12-21/h7-9,16H,3-6,10-14H2,1-2H3,(H,20,22). The van der Waals surface area contributed by atoms with E-state index in [0.29, 0.717) is 6.42 Å². The molecule has 0 radical (unpaired) electrons. The van der Waals surface area contributed by atoms with Crippen LogP contribution in [0, 0.1) is 6.92 Å². The molecule has 1 N–H and O–H groups in total. The molecule has 1 fully saturated rings. The number of amides is 1. The van der Waals surface area contributed by atoms with Crippen molar-refractivity contribution in [2.24, 2.45) is 0 Å². The smallest absolute Gasteiger partial charge is 0.221 e. The Morgan fingerprint density at radius 3 is 2.68 bits per heavy atom. The predicted molar refractivity (Wildman–Crippen MR) is 89.8 cm³/mol. The minimum atomic E-state index is 0.130. The Morgan fingerprint density at radius 2 is 2.00 bits per heavy atom. The number of hydrogen-bond donors (Lipinski definition) is 1. The maximum Gasteiger partial charge on any atom is 0.221 e. The molecule has 1 amide bonds. The topological polar surface area (TPSA) is 45.2 Å². The molecule has 122 valence electrons.